The molecule has 0 aliphatic carbocycles. The van der Waals surface area contributed by atoms with E-state index in [1.807, 2.05) is 13.8 Å². The SMILES string of the molecule is C=CCC(NC(=O)C(C)(C)C1CCCNC1)C(=O)O. The van der Waals surface area contributed by atoms with E-state index in [1.54, 1.807) is 0 Å². The Kier molecular flexibility index (Phi) is 5.54. The van der Waals surface area contributed by atoms with E-state index in [-0.39, 0.29) is 18.2 Å². The van der Waals surface area contributed by atoms with Gasteiger partial charge in [-0.3, -0.25) is 4.79 Å². The highest BCUT2D eigenvalue weighted by molar-refractivity contribution is 5.87. The third-order valence-electron chi connectivity index (χ3n) is 3.91. The third kappa shape index (κ3) is 4.06. The number of amides is 1. The van der Waals surface area contributed by atoms with E-state index in [0.717, 1.165) is 25.9 Å². The van der Waals surface area contributed by atoms with Crippen LogP contribution in [0.2, 0.25) is 0 Å². The molecular formula is C14H24N2O3. The fourth-order valence-electron chi connectivity index (χ4n) is 2.39. The molecule has 0 aromatic rings. The van der Waals surface area contributed by atoms with Crippen LogP contribution < -0.4 is 10.6 Å². The van der Waals surface area contributed by atoms with Crippen molar-refractivity contribution in [3.63, 3.8) is 0 Å². The second kappa shape index (κ2) is 6.70. The van der Waals surface area contributed by atoms with Crippen LogP contribution in [0.5, 0.6) is 0 Å². The molecule has 108 valence electrons. The average molecular weight is 268 g/mol. The maximum absolute atomic E-state index is 12.3. The lowest BCUT2D eigenvalue weighted by atomic mass is 9.74. The average Bonchev–Trinajstić information content (AvgIpc) is 2.38. The number of piperidine rings is 1. The third-order valence-corrected chi connectivity index (χ3v) is 3.91. The van der Waals surface area contributed by atoms with Gasteiger partial charge in [-0.05, 0) is 38.3 Å². The number of carbonyl (C=O) groups is 2. The second-order valence-corrected chi connectivity index (χ2v) is 5.65. The summed E-state index contributed by atoms with van der Waals surface area (Å²) in [6.45, 7) is 9.07. The molecule has 1 fully saturated rings. The van der Waals surface area contributed by atoms with Crippen molar-refractivity contribution < 1.29 is 14.7 Å². The summed E-state index contributed by atoms with van der Waals surface area (Å²) in [5, 5.41) is 15.0. The van der Waals surface area contributed by atoms with Crippen LogP contribution in [-0.2, 0) is 9.59 Å². The van der Waals surface area contributed by atoms with E-state index in [9.17, 15) is 9.59 Å². The summed E-state index contributed by atoms with van der Waals surface area (Å²) in [6.07, 6.45) is 3.79. The van der Waals surface area contributed by atoms with Gasteiger partial charge in [0.05, 0.1) is 0 Å². The molecule has 1 amide bonds. The summed E-state index contributed by atoms with van der Waals surface area (Å²) >= 11 is 0. The molecule has 0 aromatic heterocycles. The predicted molar refractivity (Wildman–Crippen MR) is 73.8 cm³/mol. The standard InChI is InChI=1S/C14H24N2O3/c1-4-6-11(12(17)18)16-13(19)14(2,3)10-7-5-8-15-9-10/h4,10-11,15H,1,5-9H2,2-3H3,(H,16,19)(H,17,18). The van der Waals surface area contributed by atoms with Crippen molar-refractivity contribution in [1.82, 2.24) is 10.6 Å². The van der Waals surface area contributed by atoms with Gasteiger partial charge in [0, 0.05) is 5.41 Å². The van der Waals surface area contributed by atoms with Gasteiger partial charge in [-0.1, -0.05) is 19.9 Å². The molecular weight excluding hydrogens is 244 g/mol. The van der Waals surface area contributed by atoms with Crippen LogP contribution in [0.15, 0.2) is 12.7 Å². The topological polar surface area (TPSA) is 78.4 Å². The van der Waals surface area contributed by atoms with Crippen LogP contribution in [0.1, 0.15) is 33.1 Å². The predicted octanol–water partition coefficient (Wildman–Crippen LogP) is 1.16. The fraction of sp³-hybridized carbons (Fsp3) is 0.714. The molecule has 3 N–H and O–H groups in total. The van der Waals surface area contributed by atoms with Gasteiger partial charge in [0.25, 0.3) is 0 Å². The normalized spacial score (nSPS) is 21.5. The van der Waals surface area contributed by atoms with Gasteiger partial charge in [0.15, 0.2) is 0 Å². The van der Waals surface area contributed by atoms with Gasteiger partial charge in [-0.2, -0.15) is 0 Å². The number of carbonyl (C=O) groups excluding carboxylic acids is 1. The lowest BCUT2D eigenvalue weighted by Gasteiger charge is -2.36. The van der Waals surface area contributed by atoms with Crippen molar-refractivity contribution >= 4 is 11.9 Å². The van der Waals surface area contributed by atoms with Gasteiger partial charge in [-0.25, -0.2) is 4.79 Å². The minimum absolute atomic E-state index is 0.199. The quantitative estimate of drug-likeness (QED) is 0.632. The number of carboxylic acids is 1. The van der Waals surface area contributed by atoms with Crippen molar-refractivity contribution in [2.45, 2.75) is 39.2 Å². The maximum atomic E-state index is 12.3. The van der Waals surface area contributed by atoms with Crippen molar-refractivity contribution in [1.29, 1.82) is 0 Å². The van der Waals surface area contributed by atoms with E-state index < -0.39 is 17.4 Å². The number of hydrogen-bond acceptors (Lipinski definition) is 3. The smallest absolute Gasteiger partial charge is 0.326 e. The summed E-state index contributed by atoms with van der Waals surface area (Å²) in [5.41, 5.74) is -0.567. The molecule has 0 aromatic carbocycles. The van der Waals surface area contributed by atoms with Gasteiger partial charge in [0.1, 0.15) is 6.04 Å². The summed E-state index contributed by atoms with van der Waals surface area (Å²) in [6, 6.07) is -0.888. The minimum atomic E-state index is -1.02. The first-order valence-electron chi connectivity index (χ1n) is 6.75. The number of rotatable bonds is 6. The molecule has 1 rings (SSSR count). The number of nitrogens with one attached hydrogen (secondary N) is 2. The van der Waals surface area contributed by atoms with Crippen LogP contribution in [0.3, 0.4) is 0 Å². The van der Waals surface area contributed by atoms with E-state index >= 15 is 0 Å². The lowest BCUT2D eigenvalue weighted by Crippen LogP contribution is -2.51. The zero-order valence-electron chi connectivity index (χ0n) is 11.7. The summed E-state index contributed by atoms with van der Waals surface area (Å²) < 4.78 is 0. The molecule has 5 heteroatoms. The molecule has 0 spiro atoms. The van der Waals surface area contributed by atoms with Crippen molar-refractivity contribution in [2.75, 3.05) is 13.1 Å². The number of hydrogen-bond donors (Lipinski definition) is 3. The Morgan fingerprint density at radius 2 is 2.26 bits per heavy atom. The molecule has 19 heavy (non-hydrogen) atoms. The first-order valence-corrected chi connectivity index (χ1v) is 6.75. The molecule has 1 saturated heterocycles. The highest BCUT2D eigenvalue weighted by Crippen LogP contribution is 2.32. The van der Waals surface area contributed by atoms with E-state index in [2.05, 4.69) is 17.2 Å². The number of aliphatic carboxylic acids is 1. The Balaban J connectivity index is 2.68. The van der Waals surface area contributed by atoms with Crippen LogP contribution in [-0.4, -0.2) is 36.1 Å². The van der Waals surface area contributed by atoms with Crippen LogP contribution in [0.25, 0.3) is 0 Å². The zero-order valence-corrected chi connectivity index (χ0v) is 11.7. The van der Waals surface area contributed by atoms with Crippen LogP contribution >= 0.6 is 0 Å². The molecule has 2 unspecified atom stereocenters. The Bertz CT molecular complexity index is 347. The first-order chi connectivity index (χ1) is 8.89. The molecule has 0 radical (unpaired) electrons. The summed E-state index contributed by atoms with van der Waals surface area (Å²) in [4.78, 5) is 23.4. The second-order valence-electron chi connectivity index (χ2n) is 5.65. The van der Waals surface area contributed by atoms with E-state index in [1.165, 1.54) is 6.08 Å². The van der Waals surface area contributed by atoms with Gasteiger partial charge in [-0.15, -0.1) is 6.58 Å². The fourth-order valence-corrected chi connectivity index (χ4v) is 2.39. The minimum Gasteiger partial charge on any atom is -0.480 e. The zero-order chi connectivity index (χ0) is 14.5. The molecule has 0 bridgehead atoms. The molecule has 1 aliphatic rings. The van der Waals surface area contributed by atoms with Crippen LogP contribution in [0.4, 0.5) is 0 Å². The maximum Gasteiger partial charge on any atom is 0.326 e. The molecule has 2 atom stereocenters. The monoisotopic (exact) mass is 268 g/mol. The molecule has 5 nitrogen and oxygen atoms in total. The molecule has 1 aliphatic heterocycles. The Morgan fingerprint density at radius 3 is 2.74 bits per heavy atom. The van der Waals surface area contributed by atoms with Gasteiger partial charge < -0.3 is 15.7 Å². The summed E-state index contributed by atoms with van der Waals surface area (Å²) in [7, 11) is 0. The van der Waals surface area contributed by atoms with Crippen molar-refractivity contribution in [3.8, 4) is 0 Å². The highest BCUT2D eigenvalue weighted by atomic mass is 16.4. The number of carboxylic acid groups (broad SMARTS) is 1. The largest absolute Gasteiger partial charge is 0.480 e. The van der Waals surface area contributed by atoms with E-state index in [4.69, 9.17) is 5.11 Å². The van der Waals surface area contributed by atoms with Crippen molar-refractivity contribution in [3.05, 3.63) is 12.7 Å². The molecule has 1 heterocycles. The first kappa shape index (κ1) is 15.7. The summed E-state index contributed by atoms with van der Waals surface area (Å²) in [5.74, 6) is -0.985. The van der Waals surface area contributed by atoms with Gasteiger partial charge in [0.2, 0.25) is 5.91 Å². The Morgan fingerprint density at radius 1 is 1.58 bits per heavy atom. The van der Waals surface area contributed by atoms with Crippen LogP contribution in [0, 0.1) is 11.3 Å². The van der Waals surface area contributed by atoms with Gasteiger partial charge >= 0.3 is 5.97 Å². The van der Waals surface area contributed by atoms with E-state index in [0.29, 0.717) is 0 Å². The highest BCUT2D eigenvalue weighted by Gasteiger charge is 2.38. The lowest BCUT2D eigenvalue weighted by molar-refractivity contribution is -0.144. The Hall–Kier alpha value is -1.36. The molecule has 0 saturated carbocycles. The van der Waals surface area contributed by atoms with Crippen molar-refractivity contribution in [2.24, 2.45) is 11.3 Å². The Labute approximate surface area is 114 Å².